The number of carbonyl (C=O) groups excluding carboxylic acids is 3. The number of hydrogen-bond acceptors (Lipinski definition) is 3. The van der Waals surface area contributed by atoms with Crippen LogP contribution in [0.15, 0.2) is 48.5 Å². The second kappa shape index (κ2) is 8.80. The SMILES string of the molecule is CC(=O)N[C@@H](CC(=O)NNC(=O)c1ccc(C)cc1C)c1ccccc1. The molecule has 6 nitrogen and oxygen atoms in total. The lowest BCUT2D eigenvalue weighted by molar-refractivity contribution is -0.123. The van der Waals surface area contributed by atoms with Crippen LogP contribution in [0, 0.1) is 13.8 Å². The fourth-order valence-corrected chi connectivity index (χ4v) is 2.68. The average molecular weight is 353 g/mol. The predicted molar refractivity (Wildman–Crippen MR) is 99.1 cm³/mol. The van der Waals surface area contributed by atoms with Crippen LogP contribution in [0.4, 0.5) is 0 Å². The van der Waals surface area contributed by atoms with Gasteiger partial charge in [-0.1, -0.05) is 48.0 Å². The third-order valence-corrected chi connectivity index (χ3v) is 3.91. The van der Waals surface area contributed by atoms with E-state index in [4.69, 9.17) is 0 Å². The van der Waals surface area contributed by atoms with Gasteiger partial charge in [0.2, 0.25) is 11.8 Å². The van der Waals surface area contributed by atoms with Gasteiger partial charge in [-0.25, -0.2) is 0 Å². The molecule has 2 aromatic rings. The van der Waals surface area contributed by atoms with Crippen molar-refractivity contribution in [3.63, 3.8) is 0 Å². The van der Waals surface area contributed by atoms with Crippen LogP contribution < -0.4 is 16.2 Å². The summed E-state index contributed by atoms with van der Waals surface area (Å²) in [5.74, 6) is -1.01. The second-order valence-electron chi connectivity index (χ2n) is 6.19. The molecule has 2 rings (SSSR count). The second-order valence-corrected chi connectivity index (χ2v) is 6.19. The Morgan fingerprint density at radius 2 is 1.65 bits per heavy atom. The first-order chi connectivity index (χ1) is 12.4. The van der Waals surface area contributed by atoms with E-state index in [0.29, 0.717) is 5.56 Å². The van der Waals surface area contributed by atoms with Gasteiger partial charge < -0.3 is 5.32 Å². The summed E-state index contributed by atoms with van der Waals surface area (Å²) >= 11 is 0. The lowest BCUT2D eigenvalue weighted by Gasteiger charge is -2.18. The Hall–Kier alpha value is -3.15. The molecular weight excluding hydrogens is 330 g/mol. The fourth-order valence-electron chi connectivity index (χ4n) is 2.68. The molecule has 0 saturated carbocycles. The molecule has 136 valence electrons. The topological polar surface area (TPSA) is 87.3 Å². The zero-order chi connectivity index (χ0) is 19.1. The van der Waals surface area contributed by atoms with Gasteiger partial charge in [0.25, 0.3) is 5.91 Å². The monoisotopic (exact) mass is 353 g/mol. The molecule has 0 fully saturated rings. The van der Waals surface area contributed by atoms with E-state index < -0.39 is 11.9 Å². The van der Waals surface area contributed by atoms with Crippen molar-refractivity contribution in [2.45, 2.75) is 33.2 Å². The molecule has 6 heteroatoms. The van der Waals surface area contributed by atoms with E-state index in [2.05, 4.69) is 16.2 Å². The first kappa shape index (κ1) is 19.2. The van der Waals surface area contributed by atoms with E-state index in [1.807, 2.05) is 56.3 Å². The van der Waals surface area contributed by atoms with E-state index in [0.717, 1.165) is 16.7 Å². The minimum absolute atomic E-state index is 0.0107. The van der Waals surface area contributed by atoms with Crippen LogP contribution in [0.5, 0.6) is 0 Å². The quantitative estimate of drug-likeness (QED) is 0.721. The highest BCUT2D eigenvalue weighted by Crippen LogP contribution is 2.16. The first-order valence-corrected chi connectivity index (χ1v) is 8.35. The Morgan fingerprint density at radius 3 is 2.27 bits per heavy atom. The minimum atomic E-state index is -0.466. The fraction of sp³-hybridized carbons (Fsp3) is 0.250. The largest absolute Gasteiger partial charge is 0.349 e. The number of amides is 3. The summed E-state index contributed by atoms with van der Waals surface area (Å²) in [5, 5.41) is 2.75. The number of hydrazine groups is 1. The third-order valence-electron chi connectivity index (χ3n) is 3.91. The Morgan fingerprint density at radius 1 is 0.962 bits per heavy atom. The molecule has 1 atom stereocenters. The summed E-state index contributed by atoms with van der Waals surface area (Å²) in [6.07, 6.45) is 0.0107. The molecule has 0 unspecified atom stereocenters. The summed E-state index contributed by atoms with van der Waals surface area (Å²) in [4.78, 5) is 35.8. The van der Waals surface area contributed by atoms with Crippen molar-refractivity contribution in [3.05, 3.63) is 70.8 Å². The summed E-state index contributed by atoms with van der Waals surface area (Å²) < 4.78 is 0. The highest BCUT2D eigenvalue weighted by Gasteiger charge is 2.17. The highest BCUT2D eigenvalue weighted by molar-refractivity contribution is 5.96. The van der Waals surface area contributed by atoms with Crippen molar-refractivity contribution in [3.8, 4) is 0 Å². The summed E-state index contributed by atoms with van der Waals surface area (Å²) in [6.45, 7) is 5.18. The van der Waals surface area contributed by atoms with Crippen LogP contribution in [-0.4, -0.2) is 17.7 Å². The van der Waals surface area contributed by atoms with Crippen molar-refractivity contribution in [2.75, 3.05) is 0 Å². The molecule has 0 spiro atoms. The Balaban J connectivity index is 1.97. The molecular formula is C20H23N3O3. The van der Waals surface area contributed by atoms with Gasteiger partial charge in [0.15, 0.2) is 0 Å². The van der Waals surface area contributed by atoms with Crippen LogP contribution in [-0.2, 0) is 9.59 Å². The molecule has 0 aliphatic rings. The van der Waals surface area contributed by atoms with Gasteiger partial charge in [0.1, 0.15) is 0 Å². The number of carbonyl (C=O) groups is 3. The van der Waals surface area contributed by atoms with E-state index in [1.54, 1.807) is 6.07 Å². The van der Waals surface area contributed by atoms with Gasteiger partial charge >= 0.3 is 0 Å². The smallest absolute Gasteiger partial charge is 0.269 e. The maximum absolute atomic E-state index is 12.2. The van der Waals surface area contributed by atoms with E-state index in [9.17, 15) is 14.4 Å². The van der Waals surface area contributed by atoms with Gasteiger partial charge in [-0.15, -0.1) is 0 Å². The summed E-state index contributed by atoms with van der Waals surface area (Å²) in [6, 6.07) is 14.2. The predicted octanol–water partition coefficient (Wildman–Crippen LogP) is 2.33. The van der Waals surface area contributed by atoms with Gasteiger partial charge in [0.05, 0.1) is 12.5 Å². The van der Waals surface area contributed by atoms with Gasteiger partial charge in [-0.3, -0.25) is 25.2 Å². The van der Waals surface area contributed by atoms with E-state index in [-0.39, 0.29) is 18.2 Å². The summed E-state index contributed by atoms with van der Waals surface area (Å²) in [7, 11) is 0. The van der Waals surface area contributed by atoms with Gasteiger partial charge in [-0.05, 0) is 31.0 Å². The zero-order valence-electron chi connectivity index (χ0n) is 15.1. The van der Waals surface area contributed by atoms with Crippen LogP contribution in [0.3, 0.4) is 0 Å². The maximum atomic E-state index is 12.2. The van der Waals surface area contributed by atoms with Crippen molar-refractivity contribution in [1.29, 1.82) is 0 Å². The van der Waals surface area contributed by atoms with Crippen molar-refractivity contribution >= 4 is 17.7 Å². The Kier molecular flexibility index (Phi) is 6.49. The lowest BCUT2D eigenvalue weighted by Crippen LogP contribution is -2.43. The standard InChI is InChI=1S/C20H23N3O3/c1-13-9-10-17(14(2)11-13)20(26)23-22-19(25)12-18(21-15(3)24)16-7-5-4-6-8-16/h4-11,18H,12H2,1-3H3,(H,21,24)(H,22,25)(H,23,26)/t18-/m0/s1. The lowest BCUT2D eigenvalue weighted by atomic mass is 10.0. The molecule has 3 amide bonds. The molecule has 3 N–H and O–H groups in total. The van der Waals surface area contributed by atoms with Gasteiger partial charge in [-0.2, -0.15) is 0 Å². The molecule has 0 saturated heterocycles. The van der Waals surface area contributed by atoms with Crippen LogP contribution in [0.1, 0.15) is 46.4 Å². The van der Waals surface area contributed by atoms with E-state index >= 15 is 0 Å². The number of hydrogen-bond donors (Lipinski definition) is 3. The molecule has 0 heterocycles. The zero-order valence-corrected chi connectivity index (χ0v) is 15.1. The molecule has 0 radical (unpaired) electrons. The molecule has 0 aromatic heterocycles. The molecule has 0 bridgehead atoms. The first-order valence-electron chi connectivity index (χ1n) is 8.35. The minimum Gasteiger partial charge on any atom is -0.349 e. The molecule has 0 aliphatic carbocycles. The highest BCUT2D eigenvalue weighted by atomic mass is 16.2. The number of rotatable bonds is 5. The number of aryl methyl sites for hydroxylation is 2. The summed E-state index contributed by atoms with van der Waals surface area (Å²) in [5.41, 5.74) is 8.03. The number of benzene rings is 2. The normalized spacial score (nSPS) is 11.3. The van der Waals surface area contributed by atoms with Crippen molar-refractivity contribution in [2.24, 2.45) is 0 Å². The Labute approximate surface area is 153 Å². The maximum Gasteiger partial charge on any atom is 0.269 e. The van der Waals surface area contributed by atoms with Crippen LogP contribution >= 0.6 is 0 Å². The van der Waals surface area contributed by atoms with Crippen molar-refractivity contribution < 1.29 is 14.4 Å². The third kappa shape index (κ3) is 5.44. The van der Waals surface area contributed by atoms with E-state index in [1.165, 1.54) is 6.92 Å². The average Bonchev–Trinajstić information content (AvgIpc) is 2.59. The van der Waals surface area contributed by atoms with Crippen LogP contribution in [0.2, 0.25) is 0 Å². The Bertz CT molecular complexity index is 803. The number of nitrogens with one attached hydrogen (secondary N) is 3. The molecule has 0 aliphatic heterocycles. The van der Waals surface area contributed by atoms with Crippen LogP contribution in [0.25, 0.3) is 0 Å². The van der Waals surface area contributed by atoms with Gasteiger partial charge in [0, 0.05) is 12.5 Å². The molecule has 26 heavy (non-hydrogen) atoms. The van der Waals surface area contributed by atoms with Crippen molar-refractivity contribution in [1.82, 2.24) is 16.2 Å². The molecule has 2 aromatic carbocycles.